The molecule has 4 aromatic rings. The van der Waals surface area contributed by atoms with Gasteiger partial charge >= 0.3 is 0 Å². The number of rotatable bonds is 9. The summed E-state index contributed by atoms with van der Waals surface area (Å²) in [5.41, 5.74) is 4.41. The highest BCUT2D eigenvalue weighted by Gasteiger charge is 2.22. The van der Waals surface area contributed by atoms with Crippen LogP contribution in [0.5, 0.6) is 5.75 Å². The van der Waals surface area contributed by atoms with Crippen LogP contribution in [0.1, 0.15) is 30.1 Å². The monoisotopic (exact) mass is 457 g/mol. The third kappa shape index (κ3) is 5.45. The molecule has 9 nitrogen and oxygen atoms in total. The highest BCUT2D eigenvalue weighted by atomic mass is 16.5. The first kappa shape index (κ1) is 22.7. The molecule has 0 spiro atoms. The van der Waals surface area contributed by atoms with E-state index in [0.29, 0.717) is 29.3 Å². The van der Waals surface area contributed by atoms with Crippen molar-refractivity contribution in [3.63, 3.8) is 0 Å². The number of carbonyl (C=O) groups excluding carboxylic acids is 1. The molecule has 0 saturated heterocycles. The molecule has 0 fully saturated rings. The number of nitrogens with one attached hydrogen (secondary N) is 1. The summed E-state index contributed by atoms with van der Waals surface area (Å²) in [5.74, 6) is 1.28. The number of nitrogens with zero attached hydrogens (tertiary/aromatic N) is 4. The van der Waals surface area contributed by atoms with Crippen molar-refractivity contribution in [1.82, 2.24) is 25.5 Å². The minimum absolute atomic E-state index is 0.386. The summed E-state index contributed by atoms with van der Waals surface area (Å²) in [6.45, 7) is 5.53. The van der Waals surface area contributed by atoms with E-state index in [1.165, 1.54) is 11.6 Å². The lowest BCUT2D eigenvalue weighted by Crippen LogP contribution is -2.15. The van der Waals surface area contributed by atoms with Gasteiger partial charge in [-0.05, 0) is 48.9 Å². The number of hydroxylamine groups is 1. The topological polar surface area (TPSA) is 115 Å². The molecule has 2 aromatic carbocycles. The smallest absolute Gasteiger partial charge is 0.267 e. The standard InChI is InChI=1S/C25H23N5O4/c1-3-6-17(2)33-20-12-9-18(10-13-20)15-22(25-26-21-7-4-5-8-23(21)34-25)30-16-19(27-29-30)11-14-24(31)28-32/h3-14,16,22,32H,1,15H2,2H3,(H,28,31). The number of carbonyl (C=O) groups is 1. The van der Waals surface area contributed by atoms with Crippen LogP contribution in [0.15, 0.2) is 89.7 Å². The van der Waals surface area contributed by atoms with Gasteiger partial charge in [-0.25, -0.2) is 15.1 Å². The second kappa shape index (κ2) is 10.4. The third-order valence-corrected chi connectivity index (χ3v) is 4.94. The van der Waals surface area contributed by atoms with Crippen LogP contribution in [0, 0.1) is 0 Å². The molecule has 2 aromatic heterocycles. The summed E-state index contributed by atoms with van der Waals surface area (Å²) >= 11 is 0. The molecular weight excluding hydrogens is 434 g/mol. The van der Waals surface area contributed by atoms with E-state index >= 15 is 0 Å². The quantitative estimate of drug-likeness (QED) is 0.127. The molecule has 0 radical (unpaired) electrons. The highest BCUT2D eigenvalue weighted by molar-refractivity contribution is 5.90. The van der Waals surface area contributed by atoms with Gasteiger partial charge in [-0.2, -0.15) is 0 Å². The van der Waals surface area contributed by atoms with Gasteiger partial charge in [0.25, 0.3) is 5.91 Å². The van der Waals surface area contributed by atoms with E-state index in [1.807, 2.05) is 55.5 Å². The predicted octanol–water partition coefficient (Wildman–Crippen LogP) is 4.24. The molecular formula is C25H23N5O4. The van der Waals surface area contributed by atoms with E-state index in [1.54, 1.807) is 23.0 Å². The fourth-order valence-corrected chi connectivity index (χ4v) is 3.35. The van der Waals surface area contributed by atoms with Gasteiger partial charge in [0.15, 0.2) is 5.58 Å². The van der Waals surface area contributed by atoms with Crippen molar-refractivity contribution in [3.8, 4) is 5.75 Å². The predicted molar refractivity (Wildman–Crippen MR) is 126 cm³/mol. The summed E-state index contributed by atoms with van der Waals surface area (Å²) in [6, 6.07) is 14.9. The van der Waals surface area contributed by atoms with E-state index in [9.17, 15) is 4.79 Å². The number of ether oxygens (including phenoxy) is 1. The fraction of sp³-hybridized carbons (Fsp3) is 0.120. The Hall–Kier alpha value is -4.50. The first-order chi connectivity index (χ1) is 16.6. The van der Waals surface area contributed by atoms with Crippen LogP contribution in [0.25, 0.3) is 17.2 Å². The number of hydrogen-bond donors (Lipinski definition) is 2. The molecule has 0 bridgehead atoms. The number of fused-ring (bicyclic) bond motifs is 1. The molecule has 2 N–H and O–H groups in total. The first-order valence-electron chi connectivity index (χ1n) is 10.5. The number of amides is 1. The Balaban J connectivity index is 1.63. The second-order valence-electron chi connectivity index (χ2n) is 7.43. The molecule has 2 heterocycles. The largest absolute Gasteiger partial charge is 0.462 e. The summed E-state index contributed by atoms with van der Waals surface area (Å²) < 4.78 is 13.4. The number of hydrogen-bond acceptors (Lipinski definition) is 7. The molecule has 9 heteroatoms. The van der Waals surface area contributed by atoms with Crippen molar-refractivity contribution < 1.29 is 19.2 Å². The van der Waals surface area contributed by atoms with E-state index in [-0.39, 0.29) is 6.04 Å². The van der Waals surface area contributed by atoms with Crippen molar-refractivity contribution in [2.24, 2.45) is 0 Å². The van der Waals surface area contributed by atoms with Crippen LogP contribution in [-0.4, -0.2) is 31.1 Å². The maximum absolute atomic E-state index is 11.3. The van der Waals surface area contributed by atoms with E-state index in [4.69, 9.17) is 14.4 Å². The van der Waals surface area contributed by atoms with Crippen molar-refractivity contribution in [1.29, 1.82) is 0 Å². The Bertz CT molecular complexity index is 1320. The Morgan fingerprint density at radius 3 is 2.79 bits per heavy atom. The van der Waals surface area contributed by atoms with E-state index < -0.39 is 5.91 Å². The van der Waals surface area contributed by atoms with Crippen LogP contribution in [0.2, 0.25) is 0 Å². The van der Waals surface area contributed by atoms with Gasteiger partial charge in [0.1, 0.15) is 28.8 Å². The maximum atomic E-state index is 11.3. The van der Waals surface area contributed by atoms with Crippen LogP contribution in [-0.2, 0) is 11.2 Å². The van der Waals surface area contributed by atoms with Gasteiger partial charge in [-0.3, -0.25) is 10.0 Å². The van der Waals surface area contributed by atoms with E-state index in [0.717, 1.165) is 22.9 Å². The Morgan fingerprint density at radius 2 is 2.06 bits per heavy atom. The molecule has 1 amide bonds. The van der Waals surface area contributed by atoms with Crippen molar-refractivity contribution in [3.05, 3.63) is 102 Å². The van der Waals surface area contributed by atoms with Crippen LogP contribution < -0.4 is 10.2 Å². The van der Waals surface area contributed by atoms with Crippen LogP contribution in [0.4, 0.5) is 0 Å². The van der Waals surface area contributed by atoms with Crippen molar-refractivity contribution in [2.45, 2.75) is 19.4 Å². The molecule has 0 saturated carbocycles. The van der Waals surface area contributed by atoms with Gasteiger partial charge in [-0.1, -0.05) is 42.1 Å². The zero-order chi connectivity index (χ0) is 23.9. The van der Waals surface area contributed by atoms with Gasteiger partial charge in [0.2, 0.25) is 5.89 Å². The summed E-state index contributed by atoms with van der Waals surface area (Å²) in [6.07, 6.45) is 8.28. The fourth-order valence-electron chi connectivity index (χ4n) is 3.35. The molecule has 4 rings (SSSR count). The SMILES string of the molecule is C=CC=C(C)Oc1ccc(CC(c2nc3ccccc3o2)n2cc(C=CC(=O)NO)nn2)cc1. The molecule has 34 heavy (non-hydrogen) atoms. The average Bonchev–Trinajstić information content (AvgIpc) is 3.49. The minimum atomic E-state index is -0.662. The van der Waals surface area contributed by atoms with Crippen LogP contribution >= 0.6 is 0 Å². The highest BCUT2D eigenvalue weighted by Crippen LogP contribution is 2.27. The zero-order valence-corrected chi connectivity index (χ0v) is 18.5. The van der Waals surface area contributed by atoms with E-state index in [2.05, 4.69) is 21.9 Å². The normalized spacial score (nSPS) is 12.7. The van der Waals surface area contributed by atoms with Crippen LogP contribution in [0.3, 0.4) is 0 Å². The lowest BCUT2D eigenvalue weighted by Gasteiger charge is -2.14. The lowest BCUT2D eigenvalue weighted by atomic mass is 10.1. The van der Waals surface area contributed by atoms with Crippen molar-refractivity contribution in [2.75, 3.05) is 0 Å². The maximum Gasteiger partial charge on any atom is 0.267 e. The lowest BCUT2D eigenvalue weighted by molar-refractivity contribution is -0.124. The Labute approximate surface area is 195 Å². The second-order valence-corrected chi connectivity index (χ2v) is 7.43. The average molecular weight is 457 g/mol. The number of aromatic nitrogens is 4. The number of oxazole rings is 1. The Morgan fingerprint density at radius 1 is 1.26 bits per heavy atom. The summed E-state index contributed by atoms with van der Waals surface area (Å²) in [7, 11) is 0. The van der Waals surface area contributed by atoms with Gasteiger partial charge in [0, 0.05) is 12.5 Å². The number of allylic oxidation sites excluding steroid dienone is 3. The van der Waals surface area contributed by atoms with Gasteiger partial charge in [-0.15, -0.1) is 5.10 Å². The van der Waals surface area contributed by atoms with Crippen molar-refractivity contribution >= 4 is 23.1 Å². The molecule has 1 atom stereocenters. The number of benzene rings is 2. The molecule has 172 valence electrons. The number of para-hydroxylation sites is 2. The Kier molecular flexibility index (Phi) is 6.95. The third-order valence-electron chi connectivity index (χ3n) is 4.94. The minimum Gasteiger partial charge on any atom is -0.462 e. The molecule has 1 unspecified atom stereocenters. The molecule has 0 aliphatic heterocycles. The molecule has 0 aliphatic carbocycles. The zero-order valence-electron chi connectivity index (χ0n) is 18.5. The molecule has 0 aliphatic rings. The van der Waals surface area contributed by atoms with Gasteiger partial charge in [0.05, 0.1) is 6.20 Å². The first-order valence-corrected chi connectivity index (χ1v) is 10.5. The summed E-state index contributed by atoms with van der Waals surface area (Å²) in [4.78, 5) is 15.9. The summed E-state index contributed by atoms with van der Waals surface area (Å²) in [5, 5.41) is 17.0. The van der Waals surface area contributed by atoms with Gasteiger partial charge < -0.3 is 9.15 Å².